The predicted octanol–water partition coefficient (Wildman–Crippen LogP) is 2.27. The predicted molar refractivity (Wildman–Crippen MR) is 109 cm³/mol. The molecule has 0 saturated carbocycles. The maximum Gasteiger partial charge on any atom is 0.102 e. The lowest BCUT2D eigenvalue weighted by atomic mass is 10.1. The van der Waals surface area contributed by atoms with Gasteiger partial charge in [-0.15, -0.1) is 0 Å². The fraction of sp³-hybridized carbons (Fsp3) is 0.400. The summed E-state index contributed by atoms with van der Waals surface area (Å²) in [6.07, 6.45) is 1.85. The van der Waals surface area contributed by atoms with Crippen LogP contribution in [0.15, 0.2) is 48.5 Å². The van der Waals surface area contributed by atoms with Crippen molar-refractivity contribution in [2.45, 2.75) is 25.9 Å². The Hall–Kier alpha value is -2.44. The van der Waals surface area contributed by atoms with Crippen molar-refractivity contribution in [3.8, 4) is 0 Å². The minimum Gasteiger partial charge on any atom is -0.399 e. The van der Waals surface area contributed by atoms with Gasteiger partial charge in [-0.3, -0.25) is 0 Å². The standard InChI is InChI=1S/C20H30N4O2/c1-2-3-20(23(12-14-25)18-8-4-16(21)5-9-18)24(13-15-26)19-10-6-17(22)7-11-19/h4-11,20,25-26H,2-3,12-15,21-22H2,1H3. The monoisotopic (exact) mass is 358 g/mol. The Kier molecular flexibility index (Phi) is 7.56. The molecule has 0 unspecified atom stereocenters. The topological polar surface area (TPSA) is 99.0 Å². The molecule has 0 heterocycles. The summed E-state index contributed by atoms with van der Waals surface area (Å²) in [5, 5.41) is 19.3. The summed E-state index contributed by atoms with van der Waals surface area (Å²) in [5.74, 6) is 0. The molecule has 2 aromatic carbocycles. The van der Waals surface area contributed by atoms with Gasteiger partial charge in [-0.05, 0) is 55.0 Å². The largest absolute Gasteiger partial charge is 0.399 e. The van der Waals surface area contributed by atoms with E-state index in [0.717, 1.165) is 24.2 Å². The van der Waals surface area contributed by atoms with Crippen LogP contribution in [0, 0.1) is 0 Å². The molecular formula is C20H30N4O2. The number of anilines is 4. The van der Waals surface area contributed by atoms with Crippen molar-refractivity contribution in [1.82, 2.24) is 0 Å². The van der Waals surface area contributed by atoms with Gasteiger partial charge in [0.1, 0.15) is 6.17 Å². The van der Waals surface area contributed by atoms with Crippen molar-refractivity contribution in [1.29, 1.82) is 0 Å². The summed E-state index contributed by atoms with van der Waals surface area (Å²) in [6.45, 7) is 3.20. The van der Waals surface area contributed by atoms with Gasteiger partial charge >= 0.3 is 0 Å². The second-order valence-electron chi connectivity index (χ2n) is 6.29. The van der Waals surface area contributed by atoms with E-state index in [4.69, 9.17) is 11.5 Å². The highest BCUT2D eigenvalue weighted by Crippen LogP contribution is 2.27. The minimum atomic E-state index is -0.00783. The van der Waals surface area contributed by atoms with E-state index in [1.54, 1.807) is 0 Å². The molecule has 26 heavy (non-hydrogen) atoms. The summed E-state index contributed by atoms with van der Waals surface area (Å²) in [7, 11) is 0. The third kappa shape index (κ3) is 5.03. The maximum atomic E-state index is 9.64. The lowest BCUT2D eigenvalue weighted by molar-refractivity contribution is 0.283. The second kappa shape index (κ2) is 9.89. The first-order valence-corrected chi connectivity index (χ1v) is 9.06. The van der Waals surface area contributed by atoms with E-state index in [0.29, 0.717) is 24.5 Å². The molecule has 0 amide bonds. The van der Waals surface area contributed by atoms with Crippen molar-refractivity contribution < 1.29 is 10.2 Å². The number of hydrogen-bond acceptors (Lipinski definition) is 6. The van der Waals surface area contributed by atoms with E-state index in [1.165, 1.54) is 0 Å². The summed E-state index contributed by atoms with van der Waals surface area (Å²) in [5.41, 5.74) is 15.0. The van der Waals surface area contributed by atoms with Gasteiger partial charge < -0.3 is 31.5 Å². The third-order valence-corrected chi connectivity index (χ3v) is 4.40. The smallest absolute Gasteiger partial charge is 0.102 e. The van der Waals surface area contributed by atoms with Crippen LogP contribution in [0.25, 0.3) is 0 Å². The van der Waals surface area contributed by atoms with Gasteiger partial charge in [0.15, 0.2) is 0 Å². The second-order valence-corrected chi connectivity index (χ2v) is 6.29. The van der Waals surface area contributed by atoms with E-state index >= 15 is 0 Å². The van der Waals surface area contributed by atoms with Crippen molar-refractivity contribution in [2.75, 3.05) is 47.6 Å². The van der Waals surface area contributed by atoms with Crippen LogP contribution < -0.4 is 21.3 Å². The Morgan fingerprint density at radius 2 is 1.15 bits per heavy atom. The van der Waals surface area contributed by atoms with Gasteiger partial charge in [0, 0.05) is 35.8 Å². The van der Waals surface area contributed by atoms with Crippen LogP contribution in [0.5, 0.6) is 0 Å². The lowest BCUT2D eigenvalue weighted by Gasteiger charge is -2.42. The molecule has 6 nitrogen and oxygen atoms in total. The highest BCUT2D eigenvalue weighted by molar-refractivity contribution is 5.58. The van der Waals surface area contributed by atoms with Crippen molar-refractivity contribution in [3.05, 3.63) is 48.5 Å². The third-order valence-electron chi connectivity index (χ3n) is 4.40. The molecule has 0 saturated heterocycles. The van der Waals surface area contributed by atoms with Crippen LogP contribution in [-0.2, 0) is 0 Å². The van der Waals surface area contributed by atoms with Crippen molar-refractivity contribution in [3.63, 3.8) is 0 Å². The van der Waals surface area contributed by atoms with Gasteiger partial charge in [0.05, 0.1) is 13.2 Å². The molecule has 0 aliphatic rings. The molecule has 0 bridgehead atoms. The molecule has 0 aliphatic heterocycles. The number of hydrogen-bond donors (Lipinski definition) is 4. The molecule has 142 valence electrons. The average molecular weight is 358 g/mol. The normalized spacial score (nSPS) is 10.9. The van der Waals surface area contributed by atoms with E-state index in [1.807, 2.05) is 48.5 Å². The van der Waals surface area contributed by atoms with E-state index in [2.05, 4.69) is 16.7 Å². The Morgan fingerprint density at radius 1 is 0.769 bits per heavy atom. The zero-order chi connectivity index (χ0) is 18.9. The summed E-state index contributed by atoms with van der Waals surface area (Å²) >= 11 is 0. The molecule has 0 aromatic heterocycles. The summed E-state index contributed by atoms with van der Waals surface area (Å²) in [6, 6.07) is 15.3. The number of nitrogen functional groups attached to an aromatic ring is 2. The molecule has 0 fully saturated rings. The molecule has 2 rings (SSSR count). The highest BCUT2D eigenvalue weighted by atomic mass is 16.3. The first kappa shape index (κ1) is 19.9. The molecular weight excluding hydrogens is 328 g/mol. The number of nitrogens with zero attached hydrogens (tertiary/aromatic N) is 2. The van der Waals surface area contributed by atoms with Gasteiger partial charge in [-0.1, -0.05) is 13.3 Å². The molecule has 6 N–H and O–H groups in total. The van der Waals surface area contributed by atoms with Crippen LogP contribution in [-0.4, -0.2) is 42.7 Å². The van der Waals surface area contributed by atoms with Crippen molar-refractivity contribution in [2.24, 2.45) is 0 Å². The maximum absolute atomic E-state index is 9.64. The van der Waals surface area contributed by atoms with Crippen LogP contribution in [0.1, 0.15) is 19.8 Å². The summed E-state index contributed by atoms with van der Waals surface area (Å²) < 4.78 is 0. The van der Waals surface area contributed by atoms with Crippen LogP contribution in [0.3, 0.4) is 0 Å². The number of aliphatic hydroxyl groups excluding tert-OH is 2. The van der Waals surface area contributed by atoms with Crippen LogP contribution >= 0.6 is 0 Å². The zero-order valence-electron chi connectivity index (χ0n) is 15.4. The van der Waals surface area contributed by atoms with E-state index in [-0.39, 0.29) is 19.4 Å². The van der Waals surface area contributed by atoms with Gasteiger partial charge in [0.25, 0.3) is 0 Å². The molecule has 2 aromatic rings. The van der Waals surface area contributed by atoms with Crippen molar-refractivity contribution >= 4 is 22.7 Å². The first-order valence-electron chi connectivity index (χ1n) is 9.06. The molecule has 0 spiro atoms. The number of nitrogens with two attached hydrogens (primary N) is 2. The molecule has 0 atom stereocenters. The minimum absolute atomic E-state index is 0.00783. The molecule has 0 radical (unpaired) electrons. The van der Waals surface area contributed by atoms with Gasteiger partial charge in [0.2, 0.25) is 0 Å². The van der Waals surface area contributed by atoms with Gasteiger partial charge in [-0.25, -0.2) is 0 Å². The van der Waals surface area contributed by atoms with Crippen LogP contribution in [0.4, 0.5) is 22.7 Å². The highest BCUT2D eigenvalue weighted by Gasteiger charge is 2.25. The SMILES string of the molecule is CCCC(N(CCO)c1ccc(N)cc1)N(CCO)c1ccc(N)cc1. The number of rotatable bonds is 10. The van der Waals surface area contributed by atoms with Gasteiger partial charge in [-0.2, -0.15) is 0 Å². The Bertz CT molecular complexity index is 590. The molecule has 0 aliphatic carbocycles. The quantitative estimate of drug-likeness (QED) is 0.384. The number of benzene rings is 2. The average Bonchev–Trinajstić information content (AvgIpc) is 2.65. The fourth-order valence-electron chi connectivity index (χ4n) is 3.19. The first-order chi connectivity index (χ1) is 12.6. The van der Waals surface area contributed by atoms with Crippen LogP contribution in [0.2, 0.25) is 0 Å². The molecule has 6 heteroatoms. The zero-order valence-corrected chi connectivity index (χ0v) is 15.4. The van der Waals surface area contributed by atoms with E-state index in [9.17, 15) is 10.2 Å². The Morgan fingerprint density at radius 3 is 1.46 bits per heavy atom. The van der Waals surface area contributed by atoms with E-state index < -0.39 is 0 Å². The lowest BCUT2D eigenvalue weighted by Crippen LogP contribution is -2.51. The summed E-state index contributed by atoms with van der Waals surface area (Å²) in [4.78, 5) is 4.32. The number of aliphatic hydroxyl groups is 2. The Balaban J connectivity index is 2.41. The fourth-order valence-corrected chi connectivity index (χ4v) is 3.19. The Labute approximate surface area is 155 Å².